The molecule has 2 heteroatoms. The summed E-state index contributed by atoms with van der Waals surface area (Å²) < 4.78 is 0. The van der Waals surface area contributed by atoms with E-state index in [0.717, 1.165) is 6.67 Å². The molecule has 1 aromatic rings. The van der Waals surface area contributed by atoms with Gasteiger partial charge in [-0.15, -0.1) is 0 Å². The zero-order chi connectivity index (χ0) is 7.84. The predicted molar refractivity (Wildman–Crippen MR) is 48.0 cm³/mol. The maximum absolute atomic E-state index is 3.26. The molecule has 1 aromatic carbocycles. The van der Waals surface area contributed by atoms with Gasteiger partial charge >= 0.3 is 0 Å². The smallest absolute Gasteiger partial charge is 0.0850 e. The van der Waals surface area contributed by atoms with E-state index in [4.69, 9.17) is 0 Å². The van der Waals surface area contributed by atoms with Gasteiger partial charge in [-0.05, 0) is 37.1 Å². The SMILES string of the molecule is Cc1cc2c(cc1C)NCN2. The monoisotopic (exact) mass is 148 g/mol. The van der Waals surface area contributed by atoms with E-state index in [1.54, 1.807) is 0 Å². The van der Waals surface area contributed by atoms with Gasteiger partial charge in [0.1, 0.15) is 0 Å². The van der Waals surface area contributed by atoms with E-state index in [1.807, 2.05) is 0 Å². The van der Waals surface area contributed by atoms with E-state index in [9.17, 15) is 0 Å². The maximum Gasteiger partial charge on any atom is 0.0850 e. The standard InChI is InChI=1S/C9H12N2/c1-6-3-8-9(4-7(6)2)11-5-10-8/h3-4,10-11H,5H2,1-2H3. The Morgan fingerprint density at radius 3 is 1.91 bits per heavy atom. The fourth-order valence-corrected chi connectivity index (χ4v) is 1.34. The van der Waals surface area contributed by atoms with Gasteiger partial charge in [-0.1, -0.05) is 0 Å². The highest BCUT2D eigenvalue weighted by molar-refractivity contribution is 5.74. The lowest BCUT2D eigenvalue weighted by molar-refractivity contribution is 1.31. The molecule has 58 valence electrons. The van der Waals surface area contributed by atoms with E-state index in [0.29, 0.717) is 0 Å². The lowest BCUT2D eigenvalue weighted by Crippen LogP contribution is -1.98. The van der Waals surface area contributed by atoms with Crippen molar-refractivity contribution in [3.63, 3.8) is 0 Å². The van der Waals surface area contributed by atoms with Crippen molar-refractivity contribution in [1.29, 1.82) is 0 Å². The Hall–Kier alpha value is -1.18. The summed E-state index contributed by atoms with van der Waals surface area (Å²) in [7, 11) is 0. The summed E-state index contributed by atoms with van der Waals surface area (Å²) in [6.45, 7) is 5.13. The van der Waals surface area contributed by atoms with Crippen molar-refractivity contribution >= 4 is 11.4 Å². The van der Waals surface area contributed by atoms with Crippen LogP contribution in [0, 0.1) is 13.8 Å². The summed E-state index contributed by atoms with van der Waals surface area (Å²) in [5.41, 5.74) is 5.15. The molecule has 0 aliphatic carbocycles. The van der Waals surface area contributed by atoms with Crippen LogP contribution in [0.15, 0.2) is 12.1 Å². The minimum atomic E-state index is 0.859. The highest BCUT2D eigenvalue weighted by Crippen LogP contribution is 2.28. The quantitative estimate of drug-likeness (QED) is 0.588. The Kier molecular flexibility index (Phi) is 1.28. The Morgan fingerprint density at radius 1 is 1.00 bits per heavy atom. The van der Waals surface area contributed by atoms with Crippen LogP contribution in [0.25, 0.3) is 0 Å². The van der Waals surface area contributed by atoms with Crippen LogP contribution in [0.4, 0.5) is 11.4 Å². The summed E-state index contributed by atoms with van der Waals surface area (Å²) in [4.78, 5) is 0. The number of nitrogens with one attached hydrogen (secondary N) is 2. The third-order valence-corrected chi connectivity index (χ3v) is 2.19. The van der Waals surface area contributed by atoms with Crippen molar-refractivity contribution in [2.24, 2.45) is 0 Å². The molecule has 1 aliphatic heterocycles. The highest BCUT2D eigenvalue weighted by Gasteiger charge is 2.08. The molecule has 0 unspecified atom stereocenters. The van der Waals surface area contributed by atoms with Crippen LogP contribution in [0.3, 0.4) is 0 Å². The van der Waals surface area contributed by atoms with Crippen LogP contribution >= 0.6 is 0 Å². The molecule has 1 heterocycles. The fraction of sp³-hybridized carbons (Fsp3) is 0.333. The molecule has 2 rings (SSSR count). The van der Waals surface area contributed by atoms with Gasteiger partial charge in [-0.3, -0.25) is 0 Å². The number of hydrogen-bond acceptors (Lipinski definition) is 2. The van der Waals surface area contributed by atoms with Crippen molar-refractivity contribution in [2.75, 3.05) is 17.3 Å². The molecule has 2 nitrogen and oxygen atoms in total. The molecule has 0 atom stereocenters. The molecular weight excluding hydrogens is 136 g/mol. The van der Waals surface area contributed by atoms with Crippen molar-refractivity contribution in [3.8, 4) is 0 Å². The molecule has 0 saturated heterocycles. The van der Waals surface area contributed by atoms with Gasteiger partial charge in [0.25, 0.3) is 0 Å². The van der Waals surface area contributed by atoms with Gasteiger partial charge in [-0.25, -0.2) is 0 Å². The molecule has 2 N–H and O–H groups in total. The fourth-order valence-electron chi connectivity index (χ4n) is 1.34. The summed E-state index contributed by atoms with van der Waals surface area (Å²) in [5, 5.41) is 6.51. The maximum atomic E-state index is 3.26. The van der Waals surface area contributed by atoms with E-state index in [-0.39, 0.29) is 0 Å². The molecule has 0 radical (unpaired) electrons. The Balaban J connectivity index is 2.57. The second kappa shape index (κ2) is 2.16. The summed E-state index contributed by atoms with van der Waals surface area (Å²) in [6, 6.07) is 4.37. The first-order valence-corrected chi connectivity index (χ1v) is 3.86. The van der Waals surface area contributed by atoms with Crippen molar-refractivity contribution < 1.29 is 0 Å². The van der Waals surface area contributed by atoms with Crippen LogP contribution in [-0.2, 0) is 0 Å². The third kappa shape index (κ3) is 0.946. The first kappa shape index (κ1) is 6.53. The van der Waals surface area contributed by atoms with Gasteiger partial charge in [0.05, 0.1) is 18.0 Å². The number of aryl methyl sites for hydroxylation is 2. The molecule has 0 bridgehead atoms. The van der Waals surface area contributed by atoms with E-state index in [1.165, 1.54) is 22.5 Å². The second-order valence-corrected chi connectivity index (χ2v) is 3.01. The summed E-state index contributed by atoms with van der Waals surface area (Å²) in [6.07, 6.45) is 0. The highest BCUT2D eigenvalue weighted by atomic mass is 15.1. The average molecular weight is 148 g/mol. The van der Waals surface area contributed by atoms with Gasteiger partial charge in [0, 0.05) is 0 Å². The molecule has 0 amide bonds. The van der Waals surface area contributed by atoms with E-state index in [2.05, 4.69) is 36.6 Å². The largest absolute Gasteiger partial charge is 0.366 e. The lowest BCUT2D eigenvalue weighted by Gasteiger charge is -2.03. The first-order chi connectivity index (χ1) is 5.27. The first-order valence-electron chi connectivity index (χ1n) is 3.86. The number of anilines is 2. The molecule has 0 fully saturated rings. The van der Waals surface area contributed by atoms with Crippen LogP contribution < -0.4 is 10.6 Å². The van der Waals surface area contributed by atoms with Gasteiger partial charge in [0.15, 0.2) is 0 Å². The minimum Gasteiger partial charge on any atom is -0.366 e. The molecule has 0 saturated carbocycles. The molecule has 0 spiro atoms. The second-order valence-electron chi connectivity index (χ2n) is 3.01. The van der Waals surface area contributed by atoms with Gasteiger partial charge in [-0.2, -0.15) is 0 Å². The predicted octanol–water partition coefficient (Wildman–Crippen LogP) is 2.10. The lowest BCUT2D eigenvalue weighted by atomic mass is 10.1. The summed E-state index contributed by atoms with van der Waals surface area (Å²) in [5.74, 6) is 0. The molecular formula is C9H12N2. The molecule has 0 aromatic heterocycles. The Labute approximate surface area is 66.6 Å². The topological polar surface area (TPSA) is 24.1 Å². The zero-order valence-electron chi connectivity index (χ0n) is 6.86. The number of benzene rings is 1. The summed E-state index contributed by atoms with van der Waals surface area (Å²) >= 11 is 0. The Morgan fingerprint density at radius 2 is 1.45 bits per heavy atom. The minimum absolute atomic E-state index is 0.859. The van der Waals surface area contributed by atoms with E-state index >= 15 is 0 Å². The molecule has 11 heavy (non-hydrogen) atoms. The average Bonchev–Trinajstić information content (AvgIpc) is 2.36. The normalized spacial score (nSPS) is 13.6. The van der Waals surface area contributed by atoms with Crippen molar-refractivity contribution in [1.82, 2.24) is 0 Å². The van der Waals surface area contributed by atoms with Gasteiger partial charge in [0.2, 0.25) is 0 Å². The zero-order valence-corrected chi connectivity index (χ0v) is 6.86. The number of fused-ring (bicyclic) bond motifs is 1. The number of hydrogen-bond donors (Lipinski definition) is 2. The van der Waals surface area contributed by atoms with Crippen LogP contribution in [0.5, 0.6) is 0 Å². The van der Waals surface area contributed by atoms with E-state index < -0.39 is 0 Å². The number of rotatable bonds is 0. The Bertz CT molecular complexity index is 263. The van der Waals surface area contributed by atoms with Crippen LogP contribution in [0.1, 0.15) is 11.1 Å². The van der Waals surface area contributed by atoms with Gasteiger partial charge < -0.3 is 10.6 Å². The van der Waals surface area contributed by atoms with Crippen molar-refractivity contribution in [2.45, 2.75) is 13.8 Å². The molecule has 1 aliphatic rings. The van der Waals surface area contributed by atoms with Crippen LogP contribution in [-0.4, -0.2) is 6.67 Å². The third-order valence-electron chi connectivity index (χ3n) is 2.19. The van der Waals surface area contributed by atoms with Crippen LogP contribution in [0.2, 0.25) is 0 Å². The van der Waals surface area contributed by atoms with Crippen molar-refractivity contribution in [3.05, 3.63) is 23.3 Å².